The van der Waals surface area contributed by atoms with E-state index in [1.165, 1.54) is 5.56 Å². The molecule has 120 valence electrons. The van der Waals surface area contributed by atoms with Crippen LogP contribution in [0.2, 0.25) is 0 Å². The van der Waals surface area contributed by atoms with Gasteiger partial charge in [-0.15, -0.1) is 0 Å². The van der Waals surface area contributed by atoms with Crippen molar-refractivity contribution >= 4 is 5.91 Å². The maximum atomic E-state index is 11.1. The molecule has 1 amide bonds. The van der Waals surface area contributed by atoms with E-state index in [2.05, 4.69) is 18.7 Å². The Morgan fingerprint density at radius 3 is 2.59 bits per heavy atom. The van der Waals surface area contributed by atoms with Crippen LogP contribution in [-0.2, 0) is 16.0 Å². The van der Waals surface area contributed by atoms with Crippen molar-refractivity contribution in [3.8, 4) is 0 Å². The van der Waals surface area contributed by atoms with Crippen molar-refractivity contribution in [1.82, 2.24) is 4.90 Å². The van der Waals surface area contributed by atoms with Gasteiger partial charge in [-0.3, -0.25) is 9.69 Å². The average Bonchev–Trinajstić information content (AvgIpc) is 2.74. The monoisotopic (exact) mass is 304 g/mol. The molecule has 1 unspecified atom stereocenters. The fraction of sp³-hybridized carbons (Fsp3) is 0.588. The quantitative estimate of drug-likeness (QED) is 0.920. The molecule has 2 aliphatic rings. The van der Waals surface area contributed by atoms with Crippen molar-refractivity contribution in [3.05, 3.63) is 35.4 Å². The molecule has 0 aromatic heterocycles. The van der Waals surface area contributed by atoms with Gasteiger partial charge in [0, 0.05) is 31.6 Å². The van der Waals surface area contributed by atoms with Crippen LogP contribution in [0.25, 0.3) is 0 Å². The Hall–Kier alpha value is -1.43. The number of rotatable bonds is 3. The van der Waals surface area contributed by atoms with Gasteiger partial charge in [0.2, 0.25) is 5.91 Å². The van der Waals surface area contributed by atoms with E-state index in [1.807, 2.05) is 12.1 Å². The van der Waals surface area contributed by atoms with Gasteiger partial charge in [-0.25, -0.2) is 0 Å². The first-order valence-corrected chi connectivity index (χ1v) is 7.77. The van der Waals surface area contributed by atoms with Crippen molar-refractivity contribution < 1.29 is 14.3 Å². The zero-order valence-electron chi connectivity index (χ0n) is 13.3. The van der Waals surface area contributed by atoms with Crippen LogP contribution in [-0.4, -0.2) is 48.3 Å². The van der Waals surface area contributed by atoms with Gasteiger partial charge in [-0.1, -0.05) is 12.1 Å². The molecule has 5 heteroatoms. The number of carbonyl (C=O) groups excluding carboxylic acids is 1. The Balaban J connectivity index is 1.64. The van der Waals surface area contributed by atoms with Gasteiger partial charge in [-0.2, -0.15) is 0 Å². The van der Waals surface area contributed by atoms with Crippen LogP contribution >= 0.6 is 0 Å². The summed E-state index contributed by atoms with van der Waals surface area (Å²) in [5.41, 5.74) is 6.73. The minimum absolute atomic E-state index is 0.105. The van der Waals surface area contributed by atoms with Crippen molar-refractivity contribution in [1.29, 1.82) is 0 Å². The average molecular weight is 304 g/mol. The molecule has 0 bridgehead atoms. The summed E-state index contributed by atoms with van der Waals surface area (Å²) in [6, 6.07) is 7.51. The molecule has 0 radical (unpaired) electrons. The Labute approximate surface area is 131 Å². The first kappa shape index (κ1) is 15.5. The van der Waals surface area contributed by atoms with E-state index in [0.29, 0.717) is 12.2 Å². The molecule has 3 rings (SSSR count). The van der Waals surface area contributed by atoms with E-state index in [4.69, 9.17) is 15.2 Å². The Bertz CT molecular complexity index is 556. The predicted octanol–water partition coefficient (Wildman–Crippen LogP) is 1.56. The van der Waals surface area contributed by atoms with E-state index >= 15 is 0 Å². The lowest BCUT2D eigenvalue weighted by molar-refractivity contribution is -0.111. The molecular formula is C17H24N2O3. The summed E-state index contributed by atoms with van der Waals surface area (Å²) in [4.78, 5) is 13.5. The molecule has 2 N–H and O–H groups in total. The third-order valence-electron chi connectivity index (χ3n) is 4.45. The zero-order chi connectivity index (χ0) is 15.8. The number of benzene rings is 1. The first-order chi connectivity index (χ1) is 10.4. The number of hydrogen-bond donors (Lipinski definition) is 1. The third-order valence-corrected chi connectivity index (χ3v) is 4.45. The molecule has 2 fully saturated rings. The largest absolute Gasteiger partial charge is 0.372 e. The number of morpholine rings is 1. The number of hydrogen-bond acceptors (Lipinski definition) is 4. The number of ether oxygens (including phenoxy) is 2. The molecule has 5 nitrogen and oxygen atoms in total. The Morgan fingerprint density at radius 1 is 1.27 bits per heavy atom. The number of amides is 1. The van der Waals surface area contributed by atoms with E-state index < -0.39 is 0 Å². The molecule has 0 aliphatic carbocycles. The molecule has 22 heavy (non-hydrogen) atoms. The molecule has 2 heterocycles. The van der Waals surface area contributed by atoms with Crippen LogP contribution in [0.4, 0.5) is 0 Å². The summed E-state index contributed by atoms with van der Waals surface area (Å²) in [6.45, 7) is 8.29. The lowest BCUT2D eigenvalue weighted by Crippen LogP contribution is -2.52. The van der Waals surface area contributed by atoms with Crippen molar-refractivity contribution in [2.45, 2.75) is 38.0 Å². The van der Waals surface area contributed by atoms with E-state index in [-0.39, 0.29) is 17.1 Å². The van der Waals surface area contributed by atoms with Crippen molar-refractivity contribution in [2.24, 2.45) is 5.73 Å². The highest BCUT2D eigenvalue weighted by Gasteiger charge is 2.47. The van der Waals surface area contributed by atoms with Crippen molar-refractivity contribution in [2.75, 3.05) is 26.3 Å². The first-order valence-electron chi connectivity index (χ1n) is 7.77. The summed E-state index contributed by atoms with van der Waals surface area (Å²) in [7, 11) is 0. The molecule has 2 aliphatic heterocycles. The van der Waals surface area contributed by atoms with Crippen LogP contribution in [0.1, 0.15) is 36.2 Å². The second-order valence-corrected chi connectivity index (χ2v) is 7.03. The molecule has 0 saturated carbocycles. The van der Waals surface area contributed by atoms with Crippen LogP contribution in [0.5, 0.6) is 0 Å². The van der Waals surface area contributed by atoms with E-state index in [1.54, 1.807) is 12.1 Å². The Morgan fingerprint density at radius 2 is 2.00 bits per heavy atom. The smallest absolute Gasteiger partial charge is 0.248 e. The summed E-state index contributed by atoms with van der Waals surface area (Å²) in [5, 5.41) is 0. The molecule has 2 saturated heterocycles. The zero-order valence-corrected chi connectivity index (χ0v) is 13.3. The summed E-state index contributed by atoms with van der Waals surface area (Å²) >= 11 is 0. The van der Waals surface area contributed by atoms with Crippen LogP contribution in [0.15, 0.2) is 24.3 Å². The minimum atomic E-state index is -0.387. The SMILES string of the molecule is CC1(C)CC2(CO1)CN(Cc1ccc(C(N)=O)cc1)CCO2. The van der Waals surface area contributed by atoms with Gasteiger partial charge in [0.25, 0.3) is 0 Å². The van der Waals surface area contributed by atoms with E-state index in [9.17, 15) is 4.79 Å². The lowest BCUT2D eigenvalue weighted by Gasteiger charge is -2.40. The van der Waals surface area contributed by atoms with Gasteiger partial charge in [0.15, 0.2) is 0 Å². The summed E-state index contributed by atoms with van der Waals surface area (Å²) in [5.74, 6) is -0.387. The van der Waals surface area contributed by atoms with Gasteiger partial charge in [0.1, 0.15) is 5.60 Å². The second kappa shape index (κ2) is 5.65. The number of nitrogens with two attached hydrogens (primary N) is 1. The number of carbonyl (C=O) groups is 1. The highest BCUT2D eigenvalue weighted by atomic mass is 16.6. The van der Waals surface area contributed by atoms with Gasteiger partial charge < -0.3 is 15.2 Å². The van der Waals surface area contributed by atoms with Crippen molar-refractivity contribution in [3.63, 3.8) is 0 Å². The fourth-order valence-electron chi connectivity index (χ4n) is 3.49. The topological polar surface area (TPSA) is 64.8 Å². The standard InChI is InChI=1S/C17H24N2O3/c1-16(2)10-17(12-22-16)11-19(7-8-21-17)9-13-3-5-14(6-4-13)15(18)20/h3-6H,7-12H2,1-2H3,(H2,18,20). The molecule has 1 aromatic rings. The van der Waals surface area contributed by atoms with Gasteiger partial charge >= 0.3 is 0 Å². The second-order valence-electron chi connectivity index (χ2n) is 7.03. The third kappa shape index (κ3) is 3.32. The fourth-order valence-corrected chi connectivity index (χ4v) is 3.49. The van der Waals surface area contributed by atoms with Crippen LogP contribution in [0.3, 0.4) is 0 Å². The molecule has 1 spiro atoms. The number of primary amides is 1. The number of nitrogens with zero attached hydrogens (tertiary/aromatic N) is 1. The van der Waals surface area contributed by atoms with Crippen LogP contribution < -0.4 is 5.73 Å². The molecule has 1 atom stereocenters. The van der Waals surface area contributed by atoms with Gasteiger partial charge in [0.05, 0.1) is 18.8 Å². The summed E-state index contributed by atoms with van der Waals surface area (Å²) < 4.78 is 11.9. The molecule has 1 aromatic carbocycles. The maximum absolute atomic E-state index is 11.1. The summed E-state index contributed by atoms with van der Waals surface area (Å²) in [6.07, 6.45) is 0.928. The normalized spacial score (nSPS) is 28.1. The van der Waals surface area contributed by atoms with E-state index in [0.717, 1.165) is 32.7 Å². The van der Waals surface area contributed by atoms with Crippen LogP contribution in [0, 0.1) is 0 Å². The highest BCUT2D eigenvalue weighted by Crippen LogP contribution is 2.37. The molecular weight excluding hydrogens is 280 g/mol. The lowest BCUT2D eigenvalue weighted by atomic mass is 9.92. The Kier molecular flexibility index (Phi) is 3.97. The minimum Gasteiger partial charge on any atom is -0.372 e. The highest BCUT2D eigenvalue weighted by molar-refractivity contribution is 5.92. The maximum Gasteiger partial charge on any atom is 0.248 e. The predicted molar refractivity (Wildman–Crippen MR) is 83.6 cm³/mol. The van der Waals surface area contributed by atoms with Gasteiger partial charge in [-0.05, 0) is 31.5 Å².